The van der Waals surface area contributed by atoms with Gasteiger partial charge in [-0.3, -0.25) is 4.98 Å². The van der Waals surface area contributed by atoms with Gasteiger partial charge in [-0.1, -0.05) is 0 Å². The van der Waals surface area contributed by atoms with Crippen molar-refractivity contribution in [2.75, 3.05) is 0 Å². The molecule has 3 nitrogen and oxygen atoms in total. The van der Waals surface area contributed by atoms with E-state index in [1.165, 1.54) is 0 Å². The fourth-order valence-electron chi connectivity index (χ4n) is 0.829. The van der Waals surface area contributed by atoms with Crippen LogP contribution in [0.15, 0.2) is 29.8 Å². The lowest BCUT2D eigenvalue weighted by molar-refractivity contribution is 1.13. The maximum Gasteiger partial charge on any atom is 0.156 e. The van der Waals surface area contributed by atoms with Crippen LogP contribution >= 0.6 is 12.6 Å². The summed E-state index contributed by atoms with van der Waals surface area (Å²) in [7, 11) is 0. The third kappa shape index (κ3) is 0.769. The van der Waals surface area contributed by atoms with Gasteiger partial charge in [0.2, 0.25) is 0 Å². The molecule has 2 aromatic heterocycles. The summed E-state index contributed by atoms with van der Waals surface area (Å²) in [5.41, 5.74) is 0.826. The maximum atomic E-state index is 4.08. The molecule has 0 saturated heterocycles. The quantitative estimate of drug-likeness (QED) is 0.570. The average Bonchev–Trinajstić information content (AvgIpc) is 2.27. The summed E-state index contributed by atoms with van der Waals surface area (Å²) in [6, 6.07) is 0. The van der Waals surface area contributed by atoms with E-state index in [0.717, 1.165) is 5.65 Å². The molecule has 2 rings (SSSR count). The summed E-state index contributed by atoms with van der Waals surface area (Å²) in [6.45, 7) is 0. The SMILES string of the molecule is Sc1cn2ccncc2n1. The number of rotatable bonds is 0. The van der Waals surface area contributed by atoms with Crippen molar-refractivity contribution in [2.45, 2.75) is 5.03 Å². The smallest absolute Gasteiger partial charge is 0.156 e. The van der Waals surface area contributed by atoms with Crippen LogP contribution < -0.4 is 0 Å². The number of imidazole rings is 1. The lowest BCUT2D eigenvalue weighted by atomic mass is 10.7. The summed E-state index contributed by atoms with van der Waals surface area (Å²) in [5.74, 6) is 0. The molecule has 2 aromatic rings. The molecule has 0 atom stereocenters. The number of hydrogen-bond donors (Lipinski definition) is 1. The summed E-state index contributed by atoms with van der Waals surface area (Å²) in [6.07, 6.45) is 7.07. The van der Waals surface area contributed by atoms with Crippen LogP contribution in [0.25, 0.3) is 5.65 Å². The molecule has 0 aliphatic heterocycles. The zero-order valence-corrected chi connectivity index (χ0v) is 5.99. The fourth-order valence-corrected chi connectivity index (χ4v) is 1.06. The minimum Gasteiger partial charge on any atom is -0.303 e. The van der Waals surface area contributed by atoms with Crippen LogP contribution in [0, 0.1) is 0 Å². The van der Waals surface area contributed by atoms with Crippen LogP contribution in [0.5, 0.6) is 0 Å². The lowest BCUT2D eigenvalue weighted by Crippen LogP contribution is -1.81. The molecular formula is C6H5N3S. The topological polar surface area (TPSA) is 30.2 Å². The molecule has 50 valence electrons. The molecule has 0 aliphatic rings. The molecule has 0 aromatic carbocycles. The molecule has 4 heteroatoms. The largest absolute Gasteiger partial charge is 0.303 e. The van der Waals surface area contributed by atoms with E-state index in [1.54, 1.807) is 12.4 Å². The third-order valence-corrected chi connectivity index (χ3v) is 1.47. The van der Waals surface area contributed by atoms with E-state index in [4.69, 9.17) is 0 Å². The molecule has 0 saturated carbocycles. The first-order valence-electron chi connectivity index (χ1n) is 2.84. The van der Waals surface area contributed by atoms with Crippen molar-refractivity contribution < 1.29 is 0 Å². The number of hydrogen-bond acceptors (Lipinski definition) is 3. The third-order valence-electron chi connectivity index (χ3n) is 1.25. The Bertz CT molecular complexity index is 322. The highest BCUT2D eigenvalue weighted by molar-refractivity contribution is 7.80. The molecule has 0 spiro atoms. The Labute approximate surface area is 63.1 Å². The number of aromatic nitrogens is 3. The van der Waals surface area contributed by atoms with Gasteiger partial charge in [0.05, 0.1) is 6.20 Å². The molecular weight excluding hydrogens is 146 g/mol. The van der Waals surface area contributed by atoms with Gasteiger partial charge >= 0.3 is 0 Å². The summed E-state index contributed by atoms with van der Waals surface area (Å²) < 4.78 is 1.87. The highest BCUT2D eigenvalue weighted by Gasteiger charge is 1.93. The molecule has 0 fully saturated rings. The van der Waals surface area contributed by atoms with Crippen molar-refractivity contribution in [3.05, 3.63) is 24.8 Å². The van der Waals surface area contributed by atoms with Crippen LogP contribution in [0.3, 0.4) is 0 Å². The molecule has 0 N–H and O–H groups in total. The van der Waals surface area contributed by atoms with Crippen LogP contribution in [-0.2, 0) is 0 Å². The predicted octanol–water partition coefficient (Wildman–Crippen LogP) is 1.02. The minimum absolute atomic E-state index is 0.716. The van der Waals surface area contributed by atoms with Crippen molar-refractivity contribution in [3.8, 4) is 0 Å². The second kappa shape index (κ2) is 1.98. The fraction of sp³-hybridized carbons (Fsp3) is 0. The molecule has 2 heterocycles. The number of thiol groups is 1. The Hall–Kier alpha value is -1.03. The van der Waals surface area contributed by atoms with E-state index >= 15 is 0 Å². The normalized spacial score (nSPS) is 10.5. The van der Waals surface area contributed by atoms with Gasteiger partial charge < -0.3 is 4.40 Å². The summed E-state index contributed by atoms with van der Waals surface area (Å²) >= 11 is 4.08. The van der Waals surface area contributed by atoms with Crippen molar-refractivity contribution in [3.63, 3.8) is 0 Å². The average molecular weight is 151 g/mol. The van der Waals surface area contributed by atoms with E-state index in [0.29, 0.717) is 5.03 Å². The Morgan fingerprint density at radius 2 is 2.40 bits per heavy atom. The van der Waals surface area contributed by atoms with E-state index in [-0.39, 0.29) is 0 Å². The van der Waals surface area contributed by atoms with Gasteiger partial charge in [-0.15, -0.1) is 12.6 Å². The van der Waals surface area contributed by atoms with Gasteiger partial charge in [0.25, 0.3) is 0 Å². The first kappa shape index (κ1) is 5.73. The highest BCUT2D eigenvalue weighted by atomic mass is 32.1. The predicted molar refractivity (Wildman–Crippen MR) is 40.2 cm³/mol. The van der Waals surface area contributed by atoms with Gasteiger partial charge in [0, 0.05) is 18.6 Å². The van der Waals surface area contributed by atoms with Gasteiger partial charge in [-0.25, -0.2) is 4.98 Å². The molecule has 0 bridgehead atoms. The standard InChI is InChI=1S/C6H5N3S/c10-6-4-9-2-1-7-3-5(9)8-6/h1-4,10H. The van der Waals surface area contributed by atoms with E-state index < -0.39 is 0 Å². The summed E-state index contributed by atoms with van der Waals surface area (Å²) in [4.78, 5) is 7.99. The van der Waals surface area contributed by atoms with Crippen molar-refractivity contribution in [2.24, 2.45) is 0 Å². The Morgan fingerprint density at radius 1 is 1.50 bits per heavy atom. The van der Waals surface area contributed by atoms with E-state index in [1.807, 2.05) is 16.8 Å². The Morgan fingerprint density at radius 3 is 3.20 bits per heavy atom. The minimum atomic E-state index is 0.716. The second-order valence-electron chi connectivity index (χ2n) is 1.94. The van der Waals surface area contributed by atoms with Crippen molar-refractivity contribution in [1.29, 1.82) is 0 Å². The zero-order valence-electron chi connectivity index (χ0n) is 5.10. The Kier molecular flexibility index (Phi) is 1.14. The van der Waals surface area contributed by atoms with Crippen LogP contribution in [0.2, 0.25) is 0 Å². The van der Waals surface area contributed by atoms with E-state index in [9.17, 15) is 0 Å². The number of nitrogens with zero attached hydrogens (tertiary/aromatic N) is 3. The highest BCUT2D eigenvalue weighted by Crippen LogP contribution is 2.05. The molecule has 0 aliphatic carbocycles. The maximum absolute atomic E-state index is 4.08. The number of fused-ring (bicyclic) bond motifs is 1. The second-order valence-corrected chi connectivity index (χ2v) is 2.40. The van der Waals surface area contributed by atoms with Gasteiger partial charge in [0.15, 0.2) is 5.65 Å². The van der Waals surface area contributed by atoms with Crippen molar-refractivity contribution >= 4 is 18.3 Å². The van der Waals surface area contributed by atoms with E-state index in [2.05, 4.69) is 22.6 Å². The first-order chi connectivity index (χ1) is 4.86. The first-order valence-corrected chi connectivity index (χ1v) is 3.29. The van der Waals surface area contributed by atoms with Gasteiger partial charge in [-0.2, -0.15) is 0 Å². The molecule has 0 unspecified atom stereocenters. The lowest BCUT2D eigenvalue weighted by Gasteiger charge is -1.85. The molecule has 0 radical (unpaired) electrons. The molecule has 0 amide bonds. The monoisotopic (exact) mass is 151 g/mol. The van der Waals surface area contributed by atoms with Gasteiger partial charge in [-0.05, 0) is 0 Å². The molecule has 10 heavy (non-hydrogen) atoms. The van der Waals surface area contributed by atoms with Gasteiger partial charge in [0.1, 0.15) is 5.03 Å². The van der Waals surface area contributed by atoms with Crippen LogP contribution in [0.1, 0.15) is 0 Å². The summed E-state index contributed by atoms with van der Waals surface area (Å²) in [5, 5.41) is 0.716. The van der Waals surface area contributed by atoms with Crippen molar-refractivity contribution in [1.82, 2.24) is 14.4 Å². The Balaban J connectivity index is 2.88. The van der Waals surface area contributed by atoms with Crippen LogP contribution in [-0.4, -0.2) is 14.4 Å². The zero-order chi connectivity index (χ0) is 6.97. The van der Waals surface area contributed by atoms with Crippen LogP contribution in [0.4, 0.5) is 0 Å².